The fourth-order valence-corrected chi connectivity index (χ4v) is 2.25. The number of nitrogens with one attached hydrogen (secondary N) is 1. The predicted octanol–water partition coefficient (Wildman–Crippen LogP) is 0.821. The van der Waals surface area contributed by atoms with Gasteiger partial charge in [0.05, 0.1) is 6.61 Å². The summed E-state index contributed by atoms with van der Waals surface area (Å²) >= 11 is 0. The maximum atomic E-state index is 8.96. The smallest absolute Gasteiger partial charge is 0.0644 e. The van der Waals surface area contributed by atoms with E-state index < -0.39 is 0 Å². The zero-order chi connectivity index (χ0) is 7.90. The molecule has 3 aliphatic rings. The summed E-state index contributed by atoms with van der Waals surface area (Å²) in [5, 5.41) is 12.3. The number of fused-ring (bicyclic) bond motifs is 2. The first-order valence-corrected chi connectivity index (χ1v) is 4.29. The van der Waals surface area contributed by atoms with Gasteiger partial charge in [0.1, 0.15) is 0 Å². The molecule has 3 aliphatic carbocycles. The van der Waals surface area contributed by atoms with Crippen LogP contribution in [0.15, 0.2) is 11.1 Å². The summed E-state index contributed by atoms with van der Waals surface area (Å²) in [6.45, 7) is 0.287. The molecule has 2 N–H and O–H groups in total. The van der Waals surface area contributed by atoms with Crippen molar-refractivity contribution in [1.29, 1.82) is 0 Å². The van der Waals surface area contributed by atoms with Gasteiger partial charge < -0.3 is 10.4 Å². The van der Waals surface area contributed by atoms with Gasteiger partial charge in [-0.2, -0.15) is 0 Å². The molecule has 0 heterocycles. The van der Waals surface area contributed by atoms with Crippen LogP contribution in [0, 0.1) is 0 Å². The van der Waals surface area contributed by atoms with Crippen molar-refractivity contribution in [2.45, 2.75) is 31.2 Å². The Labute approximate surface area is 67.3 Å². The number of hydrogen-bond donors (Lipinski definition) is 2. The van der Waals surface area contributed by atoms with Crippen LogP contribution in [-0.4, -0.2) is 24.3 Å². The van der Waals surface area contributed by atoms with E-state index in [9.17, 15) is 0 Å². The minimum Gasteiger partial charge on any atom is -0.392 e. The third kappa shape index (κ3) is 0.932. The monoisotopic (exact) mass is 153 g/mol. The molecular weight excluding hydrogens is 138 g/mol. The average molecular weight is 153 g/mol. The number of rotatable bonds is 2. The van der Waals surface area contributed by atoms with Crippen molar-refractivity contribution in [2.75, 3.05) is 13.7 Å². The minimum absolute atomic E-state index is 0.287. The largest absolute Gasteiger partial charge is 0.392 e. The van der Waals surface area contributed by atoms with Crippen LogP contribution in [0.1, 0.15) is 25.7 Å². The molecule has 2 heteroatoms. The van der Waals surface area contributed by atoms with Gasteiger partial charge in [0.15, 0.2) is 0 Å². The number of aliphatic hydroxyl groups excluding tert-OH is 1. The Bertz CT molecular complexity index is 200. The van der Waals surface area contributed by atoms with E-state index in [0.29, 0.717) is 5.54 Å². The lowest BCUT2D eigenvalue weighted by atomic mass is 9.63. The summed E-state index contributed by atoms with van der Waals surface area (Å²) in [6, 6.07) is 0. The number of hydrogen-bond acceptors (Lipinski definition) is 2. The summed E-state index contributed by atoms with van der Waals surface area (Å²) in [7, 11) is 2.04. The van der Waals surface area contributed by atoms with Gasteiger partial charge in [0, 0.05) is 5.54 Å². The molecule has 0 unspecified atom stereocenters. The lowest BCUT2D eigenvalue weighted by Crippen LogP contribution is -2.53. The van der Waals surface area contributed by atoms with E-state index in [4.69, 9.17) is 5.11 Å². The highest BCUT2D eigenvalue weighted by molar-refractivity contribution is 5.33. The van der Waals surface area contributed by atoms with E-state index in [1.165, 1.54) is 30.4 Å². The van der Waals surface area contributed by atoms with Gasteiger partial charge in [-0.25, -0.2) is 0 Å². The van der Waals surface area contributed by atoms with E-state index in [-0.39, 0.29) is 6.61 Å². The van der Waals surface area contributed by atoms with Gasteiger partial charge in [-0.15, -0.1) is 0 Å². The van der Waals surface area contributed by atoms with Crippen molar-refractivity contribution >= 4 is 0 Å². The Kier molecular flexibility index (Phi) is 1.55. The zero-order valence-electron chi connectivity index (χ0n) is 6.98. The van der Waals surface area contributed by atoms with Crippen LogP contribution < -0.4 is 5.32 Å². The van der Waals surface area contributed by atoms with Gasteiger partial charge >= 0.3 is 0 Å². The Morgan fingerprint density at radius 2 is 2.27 bits per heavy atom. The molecule has 0 atom stereocenters. The van der Waals surface area contributed by atoms with Crippen molar-refractivity contribution in [3.63, 3.8) is 0 Å². The van der Waals surface area contributed by atoms with Gasteiger partial charge in [-0.3, -0.25) is 0 Å². The second-order valence-corrected chi connectivity index (χ2v) is 3.75. The molecule has 0 amide bonds. The summed E-state index contributed by atoms with van der Waals surface area (Å²) in [5.74, 6) is 0. The second-order valence-electron chi connectivity index (χ2n) is 3.75. The molecule has 2 nitrogen and oxygen atoms in total. The van der Waals surface area contributed by atoms with Crippen molar-refractivity contribution in [1.82, 2.24) is 5.32 Å². The summed E-state index contributed by atoms with van der Waals surface area (Å²) in [5.41, 5.74) is 3.24. The molecule has 3 rings (SSSR count). The van der Waals surface area contributed by atoms with Crippen LogP contribution in [0.25, 0.3) is 0 Å². The van der Waals surface area contributed by atoms with Gasteiger partial charge in [-0.05, 0) is 38.3 Å². The van der Waals surface area contributed by atoms with Crippen LogP contribution in [-0.2, 0) is 0 Å². The maximum Gasteiger partial charge on any atom is 0.0644 e. The van der Waals surface area contributed by atoms with Crippen LogP contribution in [0.2, 0.25) is 0 Å². The Hall–Kier alpha value is -0.340. The van der Waals surface area contributed by atoms with Crippen LogP contribution in [0.3, 0.4) is 0 Å². The SMILES string of the molecule is CNC12CCC(CO)=C(C1)C2. The van der Waals surface area contributed by atoms with Gasteiger partial charge in [0.25, 0.3) is 0 Å². The molecule has 0 radical (unpaired) electrons. The Morgan fingerprint density at radius 3 is 2.64 bits per heavy atom. The third-order valence-electron chi connectivity index (χ3n) is 3.23. The Morgan fingerprint density at radius 1 is 1.55 bits per heavy atom. The molecule has 62 valence electrons. The highest BCUT2D eigenvalue weighted by Gasteiger charge is 2.43. The topological polar surface area (TPSA) is 32.3 Å². The maximum absolute atomic E-state index is 8.96. The molecule has 0 aliphatic heterocycles. The predicted molar refractivity (Wildman–Crippen MR) is 44.4 cm³/mol. The normalized spacial score (nSPS) is 26.7. The van der Waals surface area contributed by atoms with E-state index in [1.807, 2.05) is 7.05 Å². The molecule has 0 aromatic carbocycles. The third-order valence-corrected chi connectivity index (χ3v) is 3.23. The lowest BCUT2D eigenvalue weighted by molar-refractivity contribution is 0.211. The highest BCUT2D eigenvalue weighted by atomic mass is 16.3. The molecule has 0 aromatic rings. The fourth-order valence-electron chi connectivity index (χ4n) is 2.25. The number of aliphatic hydroxyl groups is 1. The summed E-state index contributed by atoms with van der Waals surface area (Å²) < 4.78 is 0. The van der Waals surface area contributed by atoms with Crippen LogP contribution in [0.5, 0.6) is 0 Å². The first-order valence-electron chi connectivity index (χ1n) is 4.29. The van der Waals surface area contributed by atoms with Crippen LogP contribution >= 0.6 is 0 Å². The molecule has 1 saturated carbocycles. The zero-order valence-corrected chi connectivity index (χ0v) is 6.98. The molecule has 0 spiro atoms. The first kappa shape index (κ1) is 7.32. The molecule has 11 heavy (non-hydrogen) atoms. The Balaban J connectivity index is 2.13. The van der Waals surface area contributed by atoms with E-state index >= 15 is 0 Å². The molecule has 0 saturated heterocycles. The van der Waals surface area contributed by atoms with E-state index in [2.05, 4.69) is 5.32 Å². The molecule has 1 fully saturated rings. The summed E-state index contributed by atoms with van der Waals surface area (Å²) in [6.07, 6.45) is 4.67. The average Bonchev–Trinajstić information content (AvgIpc) is 2.02. The lowest BCUT2D eigenvalue weighted by Gasteiger charge is -2.49. The standard InChI is InChI=1S/C9H15NO/c1-10-9-3-2-7(6-11)8(4-9)5-9/h10-11H,2-6H2,1H3. The van der Waals surface area contributed by atoms with Crippen molar-refractivity contribution in [2.24, 2.45) is 0 Å². The van der Waals surface area contributed by atoms with Crippen molar-refractivity contribution in [3.8, 4) is 0 Å². The molecule has 2 bridgehead atoms. The van der Waals surface area contributed by atoms with Gasteiger partial charge in [0.2, 0.25) is 0 Å². The van der Waals surface area contributed by atoms with Crippen LogP contribution in [0.4, 0.5) is 0 Å². The van der Waals surface area contributed by atoms with E-state index in [1.54, 1.807) is 0 Å². The molecular formula is C9H15NO. The van der Waals surface area contributed by atoms with E-state index in [0.717, 1.165) is 6.42 Å². The minimum atomic E-state index is 0.287. The van der Waals surface area contributed by atoms with Gasteiger partial charge in [-0.1, -0.05) is 5.57 Å². The first-order chi connectivity index (χ1) is 5.29. The molecule has 0 aromatic heterocycles. The quantitative estimate of drug-likeness (QED) is 0.576. The van der Waals surface area contributed by atoms with Crippen molar-refractivity contribution < 1.29 is 5.11 Å². The van der Waals surface area contributed by atoms with Crippen molar-refractivity contribution in [3.05, 3.63) is 11.1 Å². The fraction of sp³-hybridized carbons (Fsp3) is 0.778. The summed E-state index contributed by atoms with van der Waals surface area (Å²) in [4.78, 5) is 0. The second kappa shape index (κ2) is 2.32. The highest BCUT2D eigenvalue weighted by Crippen LogP contribution is 2.47.